The van der Waals surface area contributed by atoms with Gasteiger partial charge in [0, 0.05) is 39.3 Å². The minimum Gasteiger partial charge on any atom is -0.347 e. The highest BCUT2D eigenvalue weighted by molar-refractivity contribution is 7.89. The van der Waals surface area contributed by atoms with Crippen LogP contribution in [-0.4, -0.2) is 65.6 Å². The molecule has 0 unspecified atom stereocenters. The van der Waals surface area contributed by atoms with Crippen LogP contribution in [0.1, 0.15) is 11.4 Å². The Bertz CT molecular complexity index is 1010. The maximum atomic E-state index is 12.9. The standard InChI is InChI=1S/C17H24N6O4S/c1-12-17(13(2)21(4)19-12)18-15-6-5-14(11-16(15)23(24)25)28(26,27)22-9-7-20(3)8-10-22/h5-6,11,18H,7-10H2,1-4H3. The maximum absolute atomic E-state index is 12.9. The first-order valence-corrected chi connectivity index (χ1v) is 10.3. The second-order valence-electron chi connectivity index (χ2n) is 6.94. The van der Waals surface area contributed by atoms with Crippen LogP contribution in [0, 0.1) is 24.0 Å². The average molecular weight is 408 g/mol. The summed E-state index contributed by atoms with van der Waals surface area (Å²) in [5, 5.41) is 18.9. The highest BCUT2D eigenvalue weighted by atomic mass is 32.2. The van der Waals surface area contributed by atoms with Crippen molar-refractivity contribution in [2.75, 3.05) is 38.5 Å². The van der Waals surface area contributed by atoms with Gasteiger partial charge in [0.1, 0.15) is 5.69 Å². The van der Waals surface area contributed by atoms with E-state index in [0.29, 0.717) is 37.6 Å². The first-order chi connectivity index (χ1) is 13.1. The third kappa shape index (κ3) is 3.73. The fourth-order valence-electron chi connectivity index (χ4n) is 3.20. The summed E-state index contributed by atoms with van der Waals surface area (Å²) in [6.07, 6.45) is 0. The van der Waals surface area contributed by atoms with Crippen LogP contribution in [0.15, 0.2) is 23.1 Å². The van der Waals surface area contributed by atoms with Crippen molar-refractivity contribution in [3.05, 3.63) is 39.7 Å². The zero-order valence-corrected chi connectivity index (χ0v) is 17.2. The molecule has 0 aliphatic carbocycles. The summed E-state index contributed by atoms with van der Waals surface area (Å²) in [6, 6.07) is 3.97. The molecule has 1 saturated heterocycles. The van der Waals surface area contributed by atoms with Crippen LogP contribution in [-0.2, 0) is 17.1 Å². The number of piperazine rings is 1. The second-order valence-corrected chi connectivity index (χ2v) is 8.88. The number of likely N-dealkylation sites (N-methyl/N-ethyl adjacent to an activating group) is 1. The largest absolute Gasteiger partial charge is 0.347 e. The molecule has 10 nitrogen and oxygen atoms in total. The van der Waals surface area contributed by atoms with Gasteiger partial charge in [0.2, 0.25) is 10.0 Å². The Kier molecular flexibility index (Phi) is 5.41. The number of hydrogen-bond acceptors (Lipinski definition) is 7. The summed E-state index contributed by atoms with van der Waals surface area (Å²) in [5.41, 5.74) is 2.11. The summed E-state index contributed by atoms with van der Waals surface area (Å²) in [4.78, 5) is 13.0. The summed E-state index contributed by atoms with van der Waals surface area (Å²) in [5.74, 6) is 0. The van der Waals surface area contributed by atoms with Gasteiger partial charge in [0.25, 0.3) is 5.69 Å². The molecular weight excluding hydrogens is 384 g/mol. The lowest BCUT2D eigenvalue weighted by Crippen LogP contribution is -2.47. The van der Waals surface area contributed by atoms with Gasteiger partial charge in [0.15, 0.2) is 0 Å². The lowest BCUT2D eigenvalue weighted by atomic mass is 10.2. The maximum Gasteiger partial charge on any atom is 0.294 e. The lowest BCUT2D eigenvalue weighted by molar-refractivity contribution is -0.384. The molecule has 0 amide bonds. The Balaban J connectivity index is 1.96. The van der Waals surface area contributed by atoms with Crippen LogP contribution in [0.4, 0.5) is 17.1 Å². The molecule has 28 heavy (non-hydrogen) atoms. The minimum atomic E-state index is -3.79. The summed E-state index contributed by atoms with van der Waals surface area (Å²) in [6.45, 7) is 5.62. The molecule has 1 aromatic heterocycles. The molecule has 1 aliphatic heterocycles. The van der Waals surface area contributed by atoms with Crippen molar-refractivity contribution in [1.29, 1.82) is 0 Å². The van der Waals surface area contributed by atoms with E-state index in [9.17, 15) is 18.5 Å². The number of aromatic nitrogens is 2. The summed E-state index contributed by atoms with van der Waals surface area (Å²) >= 11 is 0. The lowest BCUT2D eigenvalue weighted by Gasteiger charge is -2.31. The van der Waals surface area contributed by atoms with Crippen molar-refractivity contribution >= 4 is 27.1 Å². The van der Waals surface area contributed by atoms with Crippen molar-refractivity contribution in [2.24, 2.45) is 7.05 Å². The van der Waals surface area contributed by atoms with Gasteiger partial charge in [-0.25, -0.2) is 8.42 Å². The average Bonchev–Trinajstić information content (AvgIpc) is 2.88. The Morgan fingerprint density at radius 1 is 1.14 bits per heavy atom. The molecule has 0 spiro atoms. The number of aryl methyl sites for hydroxylation is 2. The van der Waals surface area contributed by atoms with E-state index < -0.39 is 14.9 Å². The number of nitro groups is 1. The number of hydrogen-bond donors (Lipinski definition) is 1. The van der Waals surface area contributed by atoms with Crippen LogP contribution in [0.5, 0.6) is 0 Å². The van der Waals surface area contributed by atoms with E-state index in [1.54, 1.807) is 18.7 Å². The SMILES string of the molecule is Cc1nn(C)c(C)c1Nc1ccc(S(=O)(=O)N2CCN(C)CC2)cc1[N+](=O)[O-]. The van der Waals surface area contributed by atoms with Gasteiger partial charge in [-0.3, -0.25) is 14.8 Å². The van der Waals surface area contributed by atoms with Crippen LogP contribution in [0.2, 0.25) is 0 Å². The van der Waals surface area contributed by atoms with Crippen molar-refractivity contribution in [1.82, 2.24) is 19.0 Å². The zero-order valence-electron chi connectivity index (χ0n) is 16.3. The number of anilines is 2. The summed E-state index contributed by atoms with van der Waals surface area (Å²) < 4.78 is 28.8. The Morgan fingerprint density at radius 3 is 2.32 bits per heavy atom. The van der Waals surface area contributed by atoms with Crippen LogP contribution in [0.3, 0.4) is 0 Å². The van der Waals surface area contributed by atoms with Crippen molar-refractivity contribution < 1.29 is 13.3 Å². The molecule has 11 heteroatoms. The van der Waals surface area contributed by atoms with Gasteiger partial charge in [-0.1, -0.05) is 0 Å². The van der Waals surface area contributed by atoms with Gasteiger partial charge in [0.05, 0.1) is 26.9 Å². The molecule has 1 N–H and O–H groups in total. The van der Waals surface area contributed by atoms with Crippen molar-refractivity contribution in [2.45, 2.75) is 18.7 Å². The van der Waals surface area contributed by atoms with Gasteiger partial charge in [-0.05, 0) is 33.0 Å². The number of nitrogens with zero attached hydrogens (tertiary/aromatic N) is 5. The molecule has 0 atom stereocenters. The summed E-state index contributed by atoms with van der Waals surface area (Å²) in [7, 11) is -0.0717. The van der Waals surface area contributed by atoms with E-state index in [4.69, 9.17) is 0 Å². The molecular formula is C17H24N6O4S. The first-order valence-electron chi connectivity index (χ1n) is 8.85. The monoisotopic (exact) mass is 408 g/mol. The van der Waals surface area contributed by atoms with E-state index >= 15 is 0 Å². The van der Waals surface area contributed by atoms with Gasteiger partial charge < -0.3 is 10.2 Å². The van der Waals surface area contributed by atoms with Gasteiger partial charge in [-0.15, -0.1) is 0 Å². The third-order valence-electron chi connectivity index (χ3n) is 5.03. The number of nitro benzene ring substituents is 1. The van der Waals surface area contributed by atoms with Crippen LogP contribution >= 0.6 is 0 Å². The molecule has 1 aromatic carbocycles. The van der Waals surface area contributed by atoms with E-state index in [1.165, 1.54) is 16.4 Å². The molecule has 152 valence electrons. The van der Waals surface area contributed by atoms with E-state index in [-0.39, 0.29) is 16.3 Å². The van der Waals surface area contributed by atoms with Crippen LogP contribution in [0.25, 0.3) is 0 Å². The van der Waals surface area contributed by atoms with E-state index in [1.807, 2.05) is 18.9 Å². The molecule has 1 aliphatic rings. The van der Waals surface area contributed by atoms with E-state index in [2.05, 4.69) is 10.4 Å². The number of sulfonamides is 1. The smallest absolute Gasteiger partial charge is 0.294 e. The quantitative estimate of drug-likeness (QED) is 0.591. The number of benzene rings is 1. The Morgan fingerprint density at radius 2 is 1.79 bits per heavy atom. The van der Waals surface area contributed by atoms with Crippen molar-refractivity contribution in [3.63, 3.8) is 0 Å². The molecule has 1 fully saturated rings. The predicted molar refractivity (Wildman–Crippen MR) is 105 cm³/mol. The number of rotatable bonds is 5. The Labute approximate surface area is 163 Å². The molecule has 0 radical (unpaired) electrons. The first kappa shape index (κ1) is 20.2. The predicted octanol–water partition coefficient (Wildman–Crippen LogP) is 1.62. The molecule has 2 aromatic rings. The molecule has 2 heterocycles. The fraction of sp³-hybridized carbons (Fsp3) is 0.471. The number of nitrogens with one attached hydrogen (secondary N) is 1. The second kappa shape index (κ2) is 7.49. The zero-order chi connectivity index (χ0) is 20.6. The third-order valence-corrected chi connectivity index (χ3v) is 6.93. The molecule has 0 saturated carbocycles. The Hall–Kier alpha value is -2.50. The topological polar surface area (TPSA) is 114 Å². The van der Waals surface area contributed by atoms with Crippen molar-refractivity contribution in [3.8, 4) is 0 Å². The normalized spacial score (nSPS) is 16.3. The fourth-order valence-corrected chi connectivity index (χ4v) is 4.64. The molecule has 3 rings (SSSR count). The highest BCUT2D eigenvalue weighted by Gasteiger charge is 2.30. The molecule has 0 bridgehead atoms. The van der Waals surface area contributed by atoms with Crippen LogP contribution < -0.4 is 5.32 Å². The van der Waals surface area contributed by atoms with Gasteiger partial charge >= 0.3 is 0 Å². The minimum absolute atomic E-state index is 0.0751. The van der Waals surface area contributed by atoms with E-state index in [0.717, 1.165) is 11.8 Å². The highest BCUT2D eigenvalue weighted by Crippen LogP contribution is 2.33. The van der Waals surface area contributed by atoms with Gasteiger partial charge in [-0.2, -0.15) is 9.40 Å².